The minimum atomic E-state index is 0.502. The number of aromatic nitrogens is 5. The van der Waals surface area contributed by atoms with Crippen LogP contribution in [0.5, 0.6) is 0 Å². The molecule has 3 aromatic rings. The molecule has 6 heteroatoms. The molecule has 1 aromatic carbocycles. The zero-order valence-corrected chi connectivity index (χ0v) is 15.9. The van der Waals surface area contributed by atoms with Crippen LogP contribution in [-0.2, 0) is 19.4 Å². The molecule has 0 unspecified atom stereocenters. The van der Waals surface area contributed by atoms with Crippen molar-refractivity contribution in [2.45, 2.75) is 52.0 Å². The summed E-state index contributed by atoms with van der Waals surface area (Å²) in [6.07, 6.45) is 12.8. The Morgan fingerprint density at radius 2 is 1.89 bits per heavy atom. The van der Waals surface area contributed by atoms with Gasteiger partial charge in [-0.15, -0.1) is 5.10 Å². The number of anilines is 1. The molecule has 6 nitrogen and oxygen atoms in total. The highest BCUT2D eigenvalue weighted by molar-refractivity contribution is 5.51. The third-order valence-corrected chi connectivity index (χ3v) is 4.49. The largest absolute Gasteiger partial charge is 0.369 e. The van der Waals surface area contributed by atoms with E-state index in [1.54, 1.807) is 0 Å². The first-order valence-corrected chi connectivity index (χ1v) is 9.59. The molecule has 0 amide bonds. The lowest BCUT2D eigenvalue weighted by Gasteiger charge is -2.01. The summed E-state index contributed by atoms with van der Waals surface area (Å²) in [7, 11) is 0. The predicted octanol–water partition coefficient (Wildman–Crippen LogP) is 4.03. The molecule has 2 aromatic heterocycles. The number of nitrogens with two attached hydrogens (primary N) is 1. The maximum Gasteiger partial charge on any atom is 0.197 e. The molecule has 0 aliphatic rings. The number of unbranched alkanes of at least 4 members (excludes halogenated alkanes) is 3. The first-order valence-electron chi connectivity index (χ1n) is 9.59. The van der Waals surface area contributed by atoms with E-state index >= 15 is 0 Å². The van der Waals surface area contributed by atoms with Gasteiger partial charge in [0.25, 0.3) is 0 Å². The van der Waals surface area contributed by atoms with Crippen LogP contribution in [-0.4, -0.2) is 25.0 Å². The Morgan fingerprint density at radius 1 is 1.11 bits per heavy atom. The van der Waals surface area contributed by atoms with Crippen LogP contribution in [0.1, 0.15) is 49.6 Å². The number of allylic oxidation sites excluding steroid dienone is 1. The van der Waals surface area contributed by atoms with E-state index < -0.39 is 0 Å². The molecule has 27 heavy (non-hydrogen) atoms. The second kappa shape index (κ2) is 9.71. The maximum absolute atomic E-state index is 5.58. The third-order valence-electron chi connectivity index (χ3n) is 4.49. The fourth-order valence-corrected chi connectivity index (χ4v) is 3.14. The fourth-order valence-electron chi connectivity index (χ4n) is 3.14. The predicted molar refractivity (Wildman–Crippen MR) is 109 cm³/mol. The highest BCUT2D eigenvalue weighted by Crippen LogP contribution is 2.11. The topological polar surface area (TPSA) is 85.4 Å². The number of aryl methyl sites for hydroxylation is 2. The van der Waals surface area contributed by atoms with Crippen molar-refractivity contribution in [3.8, 4) is 0 Å². The lowest BCUT2D eigenvalue weighted by Crippen LogP contribution is -1.99. The van der Waals surface area contributed by atoms with Crippen LogP contribution in [0, 0.1) is 0 Å². The summed E-state index contributed by atoms with van der Waals surface area (Å²) in [6.45, 7) is 2.90. The molecular weight excluding hydrogens is 336 g/mol. The minimum absolute atomic E-state index is 0.502. The van der Waals surface area contributed by atoms with Crippen LogP contribution < -0.4 is 5.73 Å². The minimum Gasteiger partial charge on any atom is -0.369 e. The average Bonchev–Trinajstić information content (AvgIpc) is 3.27. The second-order valence-electron chi connectivity index (χ2n) is 7.02. The molecular formula is C21H28N6. The number of rotatable bonds is 10. The Hall–Kier alpha value is -2.89. The maximum atomic E-state index is 5.58. The summed E-state index contributed by atoms with van der Waals surface area (Å²) in [5.74, 6) is 0.502. The number of nitrogens with zero attached hydrogens (tertiary/aromatic N) is 4. The number of hydrogen-bond acceptors (Lipinski definition) is 4. The Balaban J connectivity index is 1.35. The molecule has 142 valence electrons. The highest BCUT2D eigenvalue weighted by atomic mass is 15.4. The molecule has 0 saturated carbocycles. The first-order chi connectivity index (χ1) is 13.2. The van der Waals surface area contributed by atoms with Crippen molar-refractivity contribution in [3.63, 3.8) is 0 Å². The Morgan fingerprint density at radius 3 is 2.63 bits per heavy atom. The summed E-state index contributed by atoms with van der Waals surface area (Å²) < 4.78 is 1.92. The van der Waals surface area contributed by atoms with Gasteiger partial charge in [0.1, 0.15) is 0 Å². The number of H-pyrrole nitrogens is 1. The molecule has 0 radical (unpaired) electrons. The summed E-state index contributed by atoms with van der Waals surface area (Å²) in [5, 5.41) is 8.56. The lowest BCUT2D eigenvalue weighted by atomic mass is 10.1. The van der Waals surface area contributed by atoms with E-state index in [1.165, 1.54) is 24.0 Å². The van der Waals surface area contributed by atoms with Gasteiger partial charge in [0, 0.05) is 11.9 Å². The van der Waals surface area contributed by atoms with Gasteiger partial charge in [-0.05, 0) is 38.2 Å². The molecule has 0 aliphatic heterocycles. The van der Waals surface area contributed by atoms with Crippen molar-refractivity contribution >= 4 is 12.0 Å². The Bertz CT molecular complexity index is 846. The second-order valence-corrected chi connectivity index (χ2v) is 7.02. The molecule has 3 N–H and O–H groups in total. The van der Waals surface area contributed by atoms with Gasteiger partial charge in [-0.2, -0.15) is 0 Å². The van der Waals surface area contributed by atoms with Crippen LogP contribution >= 0.6 is 0 Å². The Labute approximate surface area is 160 Å². The van der Waals surface area contributed by atoms with Gasteiger partial charge in [0.15, 0.2) is 5.95 Å². The van der Waals surface area contributed by atoms with E-state index in [-0.39, 0.29) is 0 Å². The number of imidazole rings is 1. The number of aromatic amines is 1. The third kappa shape index (κ3) is 6.40. The molecule has 0 saturated heterocycles. The van der Waals surface area contributed by atoms with Gasteiger partial charge < -0.3 is 10.7 Å². The summed E-state index contributed by atoms with van der Waals surface area (Å²) in [4.78, 5) is 7.09. The fraction of sp³-hybridized carbons (Fsp3) is 0.381. The molecule has 0 aliphatic carbocycles. The smallest absolute Gasteiger partial charge is 0.197 e. The van der Waals surface area contributed by atoms with Crippen molar-refractivity contribution in [2.24, 2.45) is 0 Å². The van der Waals surface area contributed by atoms with Crippen molar-refractivity contribution in [3.05, 3.63) is 65.2 Å². The lowest BCUT2D eigenvalue weighted by molar-refractivity contribution is 0.630. The average molecular weight is 364 g/mol. The molecule has 2 heterocycles. The van der Waals surface area contributed by atoms with Crippen molar-refractivity contribution in [2.75, 3.05) is 5.73 Å². The number of hydrogen-bond donors (Lipinski definition) is 2. The standard InChI is InChI=1S/C21H28N6/c1-17(13-18-9-5-4-6-10-18)15-27-16-20(25-26-27)12-8-3-2-7-11-19-14-23-21(22)24-19/h4-6,9-10,13-14,16H,2-3,7-8,11-12,15H2,1H3,(H3,22,23,24). The van der Waals surface area contributed by atoms with Gasteiger partial charge in [0.2, 0.25) is 0 Å². The van der Waals surface area contributed by atoms with Crippen LogP contribution in [0.3, 0.4) is 0 Å². The van der Waals surface area contributed by atoms with Crippen LogP contribution in [0.2, 0.25) is 0 Å². The number of nitrogen functional groups attached to an aromatic ring is 1. The summed E-state index contributed by atoms with van der Waals surface area (Å²) in [5.41, 5.74) is 10.3. The molecule has 0 fully saturated rings. The van der Waals surface area contributed by atoms with Gasteiger partial charge in [0.05, 0.1) is 18.4 Å². The Kier molecular flexibility index (Phi) is 6.79. The highest BCUT2D eigenvalue weighted by Gasteiger charge is 2.02. The van der Waals surface area contributed by atoms with E-state index in [4.69, 9.17) is 5.73 Å². The normalized spacial score (nSPS) is 11.8. The summed E-state index contributed by atoms with van der Waals surface area (Å²) in [6, 6.07) is 10.4. The van der Waals surface area contributed by atoms with E-state index in [1.807, 2.05) is 16.9 Å². The first kappa shape index (κ1) is 18.9. The van der Waals surface area contributed by atoms with Gasteiger partial charge in [-0.25, -0.2) is 9.67 Å². The number of nitrogens with one attached hydrogen (secondary N) is 1. The molecule has 0 atom stereocenters. The van der Waals surface area contributed by atoms with Crippen LogP contribution in [0.15, 0.2) is 48.3 Å². The molecule has 3 rings (SSSR count). The van der Waals surface area contributed by atoms with E-state index in [9.17, 15) is 0 Å². The van der Waals surface area contributed by atoms with Crippen molar-refractivity contribution in [1.29, 1.82) is 0 Å². The quantitative estimate of drug-likeness (QED) is 0.532. The summed E-state index contributed by atoms with van der Waals surface area (Å²) >= 11 is 0. The van der Waals surface area contributed by atoms with Gasteiger partial charge >= 0.3 is 0 Å². The van der Waals surface area contributed by atoms with Crippen LogP contribution in [0.25, 0.3) is 6.08 Å². The zero-order chi connectivity index (χ0) is 18.9. The van der Waals surface area contributed by atoms with E-state index in [2.05, 4.69) is 63.7 Å². The molecule has 0 spiro atoms. The van der Waals surface area contributed by atoms with Crippen molar-refractivity contribution in [1.82, 2.24) is 25.0 Å². The zero-order valence-electron chi connectivity index (χ0n) is 15.9. The van der Waals surface area contributed by atoms with Crippen molar-refractivity contribution < 1.29 is 0 Å². The van der Waals surface area contributed by atoms with E-state index in [0.29, 0.717) is 5.95 Å². The molecule has 0 bridgehead atoms. The van der Waals surface area contributed by atoms with Gasteiger partial charge in [-0.1, -0.05) is 60.0 Å². The monoisotopic (exact) mass is 364 g/mol. The van der Waals surface area contributed by atoms with Crippen LogP contribution in [0.4, 0.5) is 5.95 Å². The number of benzene rings is 1. The van der Waals surface area contributed by atoms with Gasteiger partial charge in [-0.3, -0.25) is 0 Å². The SMILES string of the molecule is CC(=Cc1ccccc1)Cn1cc(CCCCCCc2cnc(N)[nH]2)nn1. The van der Waals surface area contributed by atoms with E-state index in [0.717, 1.165) is 43.6 Å².